The first kappa shape index (κ1) is 21.1. The molecule has 2 rings (SSSR count). The van der Waals surface area contributed by atoms with Crippen LogP contribution in [0, 0.1) is 0 Å². The van der Waals surface area contributed by atoms with Gasteiger partial charge in [0.1, 0.15) is 0 Å². The summed E-state index contributed by atoms with van der Waals surface area (Å²) in [6.45, 7) is 8.07. The first-order valence-electron chi connectivity index (χ1n) is 8.90. The van der Waals surface area contributed by atoms with Crippen LogP contribution in [-0.4, -0.2) is 25.9 Å². The lowest BCUT2D eigenvalue weighted by molar-refractivity contribution is -0.121. The van der Waals surface area contributed by atoms with Gasteiger partial charge < -0.3 is 5.32 Å². The molecule has 0 aliphatic heterocycles. The van der Waals surface area contributed by atoms with Gasteiger partial charge in [0.15, 0.2) is 0 Å². The van der Waals surface area contributed by atoms with Crippen molar-refractivity contribution in [1.29, 1.82) is 0 Å². The first-order valence-corrected chi connectivity index (χ1v) is 10.4. The van der Waals surface area contributed by atoms with E-state index >= 15 is 0 Å². The van der Waals surface area contributed by atoms with Crippen molar-refractivity contribution in [2.24, 2.45) is 0 Å². The summed E-state index contributed by atoms with van der Waals surface area (Å²) in [5.41, 5.74) is 1.77. The van der Waals surface area contributed by atoms with E-state index in [1.54, 1.807) is 24.4 Å². The highest BCUT2D eigenvalue weighted by Gasteiger charge is 2.18. The summed E-state index contributed by atoms with van der Waals surface area (Å²) < 4.78 is 27.2. The normalized spacial score (nSPS) is 13.2. The number of sulfonamides is 1. The Labute approximate surface area is 161 Å². The van der Waals surface area contributed by atoms with E-state index in [0.29, 0.717) is 0 Å². The van der Waals surface area contributed by atoms with E-state index in [2.05, 4.69) is 35.8 Å². The molecule has 1 amide bonds. The number of carbonyl (C=O) groups is 1. The van der Waals surface area contributed by atoms with Crippen molar-refractivity contribution in [1.82, 2.24) is 15.0 Å². The molecule has 0 bridgehead atoms. The molecule has 1 aromatic carbocycles. The lowest BCUT2D eigenvalue weighted by atomic mass is 9.87. The third-order valence-electron chi connectivity index (χ3n) is 4.18. The lowest BCUT2D eigenvalue weighted by Crippen LogP contribution is -2.32. The molecule has 2 N–H and O–H groups in total. The molecule has 1 heterocycles. The van der Waals surface area contributed by atoms with Crippen LogP contribution >= 0.6 is 0 Å². The van der Waals surface area contributed by atoms with Gasteiger partial charge in [-0.15, -0.1) is 0 Å². The zero-order valence-corrected chi connectivity index (χ0v) is 17.0. The minimum atomic E-state index is -3.64. The maximum Gasteiger partial charge on any atom is 0.240 e. The molecule has 0 fully saturated rings. The number of pyridine rings is 1. The van der Waals surface area contributed by atoms with Gasteiger partial charge in [-0.2, -0.15) is 0 Å². The molecule has 6 nitrogen and oxygen atoms in total. The molecule has 0 radical (unpaired) electrons. The Morgan fingerprint density at radius 2 is 1.78 bits per heavy atom. The fourth-order valence-electron chi connectivity index (χ4n) is 2.54. The Kier molecular flexibility index (Phi) is 6.73. The summed E-state index contributed by atoms with van der Waals surface area (Å²) in [4.78, 5) is 16.4. The van der Waals surface area contributed by atoms with E-state index in [9.17, 15) is 13.2 Å². The Bertz CT molecular complexity index is 858. The maximum atomic E-state index is 12.4. The standard InChI is InChI=1S/C20H27N3O3S/c1-15(18-7-5-6-13-21-18)23-19(24)12-14-22-27(25,26)17-10-8-16(9-11-17)20(2,3)4/h5-11,13,15,22H,12,14H2,1-4H3,(H,23,24). The largest absolute Gasteiger partial charge is 0.348 e. The SMILES string of the molecule is CC(NC(=O)CCNS(=O)(=O)c1ccc(C(C)(C)C)cc1)c1ccccn1. The van der Waals surface area contributed by atoms with Crippen LogP contribution in [0.3, 0.4) is 0 Å². The van der Waals surface area contributed by atoms with Crippen LogP contribution < -0.4 is 10.0 Å². The van der Waals surface area contributed by atoms with Crippen molar-refractivity contribution in [2.45, 2.75) is 50.5 Å². The predicted molar refractivity (Wildman–Crippen MR) is 106 cm³/mol. The summed E-state index contributed by atoms with van der Waals surface area (Å²) in [6.07, 6.45) is 1.72. The zero-order chi connectivity index (χ0) is 20.1. The van der Waals surface area contributed by atoms with Gasteiger partial charge in [0.05, 0.1) is 16.6 Å². The van der Waals surface area contributed by atoms with E-state index in [1.165, 1.54) is 0 Å². The Morgan fingerprint density at radius 1 is 1.11 bits per heavy atom. The number of amides is 1. The van der Waals surface area contributed by atoms with E-state index in [0.717, 1.165) is 11.3 Å². The fourth-order valence-corrected chi connectivity index (χ4v) is 3.57. The molecular formula is C20H27N3O3S. The average Bonchev–Trinajstić information content (AvgIpc) is 2.61. The minimum absolute atomic E-state index is 0.0319. The Morgan fingerprint density at radius 3 is 2.33 bits per heavy atom. The van der Waals surface area contributed by atoms with Crippen LogP contribution in [0.2, 0.25) is 0 Å². The van der Waals surface area contributed by atoms with E-state index in [4.69, 9.17) is 0 Å². The summed E-state index contributed by atoms with van der Waals surface area (Å²) in [5.74, 6) is -0.237. The number of nitrogens with zero attached hydrogens (tertiary/aromatic N) is 1. The van der Waals surface area contributed by atoms with Crippen molar-refractivity contribution < 1.29 is 13.2 Å². The van der Waals surface area contributed by atoms with Crippen molar-refractivity contribution in [3.8, 4) is 0 Å². The highest BCUT2D eigenvalue weighted by atomic mass is 32.2. The van der Waals surface area contributed by atoms with E-state index < -0.39 is 10.0 Å². The number of aromatic nitrogens is 1. The second-order valence-electron chi connectivity index (χ2n) is 7.47. The summed E-state index contributed by atoms with van der Waals surface area (Å²) in [5, 5.41) is 2.81. The fraction of sp³-hybridized carbons (Fsp3) is 0.400. The van der Waals surface area contributed by atoms with Gasteiger partial charge in [-0.3, -0.25) is 9.78 Å². The zero-order valence-electron chi connectivity index (χ0n) is 16.2. The number of nitrogens with one attached hydrogen (secondary N) is 2. The van der Waals surface area contributed by atoms with Crippen LogP contribution in [0.4, 0.5) is 0 Å². The summed E-state index contributed by atoms with van der Waals surface area (Å²) >= 11 is 0. The predicted octanol–water partition coefficient (Wildman–Crippen LogP) is 2.92. The molecule has 2 aromatic rings. The van der Waals surface area contributed by atoms with Crippen LogP contribution in [0.5, 0.6) is 0 Å². The second kappa shape index (κ2) is 8.63. The van der Waals surface area contributed by atoms with Crippen molar-refractivity contribution in [3.05, 3.63) is 59.9 Å². The van der Waals surface area contributed by atoms with Crippen molar-refractivity contribution >= 4 is 15.9 Å². The average molecular weight is 390 g/mol. The molecule has 1 unspecified atom stereocenters. The molecular weight excluding hydrogens is 362 g/mol. The minimum Gasteiger partial charge on any atom is -0.348 e. The lowest BCUT2D eigenvalue weighted by Gasteiger charge is -2.19. The Balaban J connectivity index is 1.87. The van der Waals surface area contributed by atoms with Gasteiger partial charge in [-0.05, 0) is 42.2 Å². The van der Waals surface area contributed by atoms with Crippen LogP contribution in [0.25, 0.3) is 0 Å². The Hall–Kier alpha value is -2.25. The maximum absolute atomic E-state index is 12.4. The van der Waals surface area contributed by atoms with Gasteiger partial charge in [0.2, 0.25) is 15.9 Å². The van der Waals surface area contributed by atoms with Crippen molar-refractivity contribution in [2.75, 3.05) is 6.54 Å². The summed E-state index contributed by atoms with van der Waals surface area (Å²) in [6, 6.07) is 12.1. The number of carbonyl (C=O) groups excluding carboxylic acids is 1. The summed E-state index contributed by atoms with van der Waals surface area (Å²) in [7, 11) is -3.64. The quantitative estimate of drug-likeness (QED) is 0.762. The molecule has 0 aliphatic carbocycles. The van der Waals surface area contributed by atoms with Gasteiger partial charge in [-0.1, -0.05) is 39.0 Å². The molecule has 7 heteroatoms. The topological polar surface area (TPSA) is 88.2 Å². The molecule has 0 saturated carbocycles. The molecule has 1 aromatic heterocycles. The molecule has 27 heavy (non-hydrogen) atoms. The van der Waals surface area contributed by atoms with E-state index in [1.807, 2.05) is 31.2 Å². The number of rotatable bonds is 7. The van der Waals surface area contributed by atoms with Crippen LogP contribution in [0.1, 0.15) is 51.4 Å². The first-order chi connectivity index (χ1) is 12.6. The number of hydrogen-bond acceptors (Lipinski definition) is 4. The van der Waals surface area contributed by atoms with Crippen LogP contribution in [-0.2, 0) is 20.2 Å². The van der Waals surface area contributed by atoms with Crippen LogP contribution in [0.15, 0.2) is 53.6 Å². The van der Waals surface area contributed by atoms with Gasteiger partial charge in [0, 0.05) is 19.2 Å². The smallest absolute Gasteiger partial charge is 0.240 e. The molecule has 0 spiro atoms. The molecule has 1 atom stereocenters. The van der Waals surface area contributed by atoms with Gasteiger partial charge in [-0.25, -0.2) is 13.1 Å². The van der Waals surface area contributed by atoms with Gasteiger partial charge in [0.25, 0.3) is 0 Å². The third kappa shape index (κ3) is 6.15. The highest BCUT2D eigenvalue weighted by molar-refractivity contribution is 7.89. The monoisotopic (exact) mass is 389 g/mol. The second-order valence-corrected chi connectivity index (χ2v) is 9.23. The number of hydrogen-bond donors (Lipinski definition) is 2. The molecule has 146 valence electrons. The third-order valence-corrected chi connectivity index (χ3v) is 5.66. The van der Waals surface area contributed by atoms with E-state index in [-0.39, 0.29) is 35.2 Å². The van der Waals surface area contributed by atoms with Crippen molar-refractivity contribution in [3.63, 3.8) is 0 Å². The highest BCUT2D eigenvalue weighted by Crippen LogP contribution is 2.23. The van der Waals surface area contributed by atoms with Gasteiger partial charge >= 0.3 is 0 Å². The molecule has 0 saturated heterocycles. The molecule has 0 aliphatic rings. The number of benzene rings is 1.